The summed E-state index contributed by atoms with van der Waals surface area (Å²) in [6.45, 7) is 1.44. The van der Waals surface area contributed by atoms with Gasteiger partial charge in [0.1, 0.15) is 0 Å². The molecule has 1 fully saturated rings. The lowest BCUT2D eigenvalue weighted by atomic mass is 10.1. The Bertz CT molecular complexity index is 388. The van der Waals surface area contributed by atoms with Crippen LogP contribution in [0.2, 0.25) is 0 Å². The molecule has 0 radical (unpaired) electrons. The highest BCUT2D eigenvalue weighted by atomic mass is 16.4. The summed E-state index contributed by atoms with van der Waals surface area (Å²) in [5.41, 5.74) is 0. The second-order valence-electron chi connectivity index (χ2n) is 3.85. The van der Waals surface area contributed by atoms with E-state index in [1.807, 2.05) is 12.3 Å². The highest BCUT2D eigenvalue weighted by Crippen LogP contribution is 2.17. The van der Waals surface area contributed by atoms with Gasteiger partial charge in [-0.1, -0.05) is 0 Å². The maximum atomic E-state index is 11.5. The van der Waals surface area contributed by atoms with Gasteiger partial charge in [-0.05, 0) is 6.07 Å². The first-order valence-corrected chi connectivity index (χ1v) is 5.15. The van der Waals surface area contributed by atoms with Crippen LogP contribution in [0.1, 0.15) is 6.42 Å². The zero-order chi connectivity index (χ0) is 11.5. The van der Waals surface area contributed by atoms with Gasteiger partial charge in [0.05, 0.1) is 12.5 Å². The molecule has 1 aliphatic rings. The minimum absolute atomic E-state index is 0.0837. The van der Waals surface area contributed by atoms with Gasteiger partial charge in [-0.25, -0.2) is 0 Å². The largest absolute Gasteiger partial charge is 0.481 e. The van der Waals surface area contributed by atoms with E-state index in [1.54, 1.807) is 15.8 Å². The van der Waals surface area contributed by atoms with Crippen LogP contribution >= 0.6 is 0 Å². The molecule has 1 amide bonds. The first-order chi connectivity index (χ1) is 7.66. The standard InChI is InChI=1S/C10H13N3O3/c14-9-6-8(10(15)16)7-12(9)4-5-13-3-1-2-11-13/h1-3,8H,4-7H2,(H,15,16)/t8-/m1/s1. The molecule has 0 unspecified atom stereocenters. The van der Waals surface area contributed by atoms with Crippen molar-refractivity contribution in [2.75, 3.05) is 13.1 Å². The van der Waals surface area contributed by atoms with Gasteiger partial charge in [-0.2, -0.15) is 5.10 Å². The van der Waals surface area contributed by atoms with Crippen molar-refractivity contribution in [3.8, 4) is 0 Å². The average molecular weight is 223 g/mol. The molecule has 2 rings (SSSR count). The number of hydrogen-bond donors (Lipinski definition) is 1. The SMILES string of the molecule is O=C(O)[C@@H]1CC(=O)N(CCn2cccn2)C1. The first kappa shape index (κ1) is 10.7. The summed E-state index contributed by atoms with van der Waals surface area (Å²) in [5.74, 6) is -1.53. The Labute approximate surface area is 92.5 Å². The van der Waals surface area contributed by atoms with Crippen LogP contribution in [0.15, 0.2) is 18.5 Å². The van der Waals surface area contributed by atoms with Crippen LogP contribution in [0.25, 0.3) is 0 Å². The van der Waals surface area contributed by atoms with E-state index >= 15 is 0 Å². The Morgan fingerprint density at radius 3 is 2.94 bits per heavy atom. The molecule has 6 heteroatoms. The molecule has 86 valence electrons. The van der Waals surface area contributed by atoms with E-state index in [0.717, 1.165) is 0 Å². The van der Waals surface area contributed by atoms with E-state index < -0.39 is 11.9 Å². The lowest BCUT2D eigenvalue weighted by Crippen LogP contribution is -2.29. The topological polar surface area (TPSA) is 75.4 Å². The van der Waals surface area contributed by atoms with Crippen LogP contribution in [0.5, 0.6) is 0 Å². The predicted molar refractivity (Wildman–Crippen MR) is 54.5 cm³/mol. The zero-order valence-corrected chi connectivity index (χ0v) is 8.74. The zero-order valence-electron chi connectivity index (χ0n) is 8.74. The minimum Gasteiger partial charge on any atom is -0.481 e. The molecular weight excluding hydrogens is 210 g/mol. The number of carboxylic acids is 1. The van der Waals surface area contributed by atoms with Crippen molar-refractivity contribution in [3.63, 3.8) is 0 Å². The van der Waals surface area contributed by atoms with Crippen molar-refractivity contribution in [2.24, 2.45) is 5.92 Å². The minimum atomic E-state index is -0.894. The summed E-state index contributed by atoms with van der Waals surface area (Å²) in [7, 11) is 0. The summed E-state index contributed by atoms with van der Waals surface area (Å²) in [6, 6.07) is 1.81. The molecule has 0 aromatic carbocycles. The van der Waals surface area contributed by atoms with Gasteiger partial charge in [0.2, 0.25) is 5.91 Å². The molecule has 1 atom stereocenters. The summed E-state index contributed by atoms with van der Waals surface area (Å²) < 4.78 is 1.72. The molecule has 16 heavy (non-hydrogen) atoms. The second kappa shape index (κ2) is 4.34. The number of aliphatic carboxylic acids is 1. The normalized spacial score (nSPS) is 20.4. The number of carbonyl (C=O) groups excluding carboxylic acids is 1. The first-order valence-electron chi connectivity index (χ1n) is 5.15. The fourth-order valence-electron chi connectivity index (χ4n) is 1.81. The van der Waals surface area contributed by atoms with Gasteiger partial charge in [0.15, 0.2) is 0 Å². The third-order valence-electron chi connectivity index (χ3n) is 2.72. The Hall–Kier alpha value is -1.85. The second-order valence-corrected chi connectivity index (χ2v) is 3.85. The molecule has 0 bridgehead atoms. The number of rotatable bonds is 4. The van der Waals surface area contributed by atoms with Crippen LogP contribution in [0, 0.1) is 5.92 Å². The van der Waals surface area contributed by atoms with Gasteiger partial charge in [0, 0.05) is 31.9 Å². The Morgan fingerprint density at radius 1 is 1.56 bits per heavy atom. The number of hydrogen-bond acceptors (Lipinski definition) is 3. The van der Waals surface area contributed by atoms with Gasteiger partial charge in [0.25, 0.3) is 0 Å². The molecule has 1 aromatic rings. The lowest BCUT2D eigenvalue weighted by Gasteiger charge is -2.15. The average Bonchev–Trinajstić information content (AvgIpc) is 2.84. The highest BCUT2D eigenvalue weighted by Gasteiger charge is 2.33. The summed E-state index contributed by atoms with van der Waals surface area (Å²) in [6.07, 6.45) is 3.61. The van der Waals surface area contributed by atoms with Crippen LogP contribution in [-0.2, 0) is 16.1 Å². The number of likely N-dealkylation sites (tertiary alicyclic amines) is 1. The summed E-state index contributed by atoms with van der Waals surface area (Å²) in [4.78, 5) is 23.8. The highest BCUT2D eigenvalue weighted by molar-refractivity contribution is 5.86. The quantitative estimate of drug-likeness (QED) is 0.768. The van der Waals surface area contributed by atoms with Crippen LogP contribution in [-0.4, -0.2) is 44.8 Å². The molecule has 1 N–H and O–H groups in total. The van der Waals surface area contributed by atoms with Gasteiger partial charge < -0.3 is 10.0 Å². The fourth-order valence-corrected chi connectivity index (χ4v) is 1.81. The molecular formula is C10H13N3O3. The van der Waals surface area contributed by atoms with Crippen LogP contribution < -0.4 is 0 Å². The third-order valence-corrected chi connectivity index (χ3v) is 2.72. The van der Waals surface area contributed by atoms with Crippen molar-refractivity contribution in [1.29, 1.82) is 0 Å². The summed E-state index contributed by atoms with van der Waals surface area (Å²) in [5, 5.41) is 12.8. The van der Waals surface area contributed by atoms with Crippen LogP contribution in [0.3, 0.4) is 0 Å². The van der Waals surface area contributed by atoms with E-state index in [1.165, 1.54) is 0 Å². The molecule has 0 aliphatic carbocycles. The maximum absolute atomic E-state index is 11.5. The van der Waals surface area contributed by atoms with Crippen molar-refractivity contribution in [1.82, 2.24) is 14.7 Å². The van der Waals surface area contributed by atoms with E-state index in [4.69, 9.17) is 5.11 Å². The maximum Gasteiger partial charge on any atom is 0.308 e. The molecule has 1 saturated heterocycles. The van der Waals surface area contributed by atoms with Crippen molar-refractivity contribution < 1.29 is 14.7 Å². The van der Waals surface area contributed by atoms with E-state index in [-0.39, 0.29) is 12.3 Å². The number of aromatic nitrogens is 2. The monoisotopic (exact) mass is 223 g/mol. The fraction of sp³-hybridized carbons (Fsp3) is 0.500. The van der Waals surface area contributed by atoms with Gasteiger partial charge in [-0.3, -0.25) is 14.3 Å². The third kappa shape index (κ3) is 2.21. The number of amides is 1. The van der Waals surface area contributed by atoms with Crippen LogP contribution in [0.4, 0.5) is 0 Å². The molecule has 1 aliphatic heterocycles. The van der Waals surface area contributed by atoms with Gasteiger partial charge in [-0.15, -0.1) is 0 Å². The van der Waals surface area contributed by atoms with Crippen molar-refractivity contribution >= 4 is 11.9 Å². The number of carboxylic acid groups (broad SMARTS) is 1. The number of nitrogens with zero attached hydrogens (tertiary/aromatic N) is 3. The smallest absolute Gasteiger partial charge is 0.308 e. The van der Waals surface area contributed by atoms with E-state index in [2.05, 4.69) is 5.10 Å². The Morgan fingerprint density at radius 2 is 2.38 bits per heavy atom. The molecule has 0 spiro atoms. The number of carbonyl (C=O) groups is 2. The Kier molecular flexibility index (Phi) is 2.89. The van der Waals surface area contributed by atoms with Gasteiger partial charge >= 0.3 is 5.97 Å². The van der Waals surface area contributed by atoms with Crippen molar-refractivity contribution in [3.05, 3.63) is 18.5 Å². The molecule has 1 aromatic heterocycles. The van der Waals surface area contributed by atoms with Crippen molar-refractivity contribution in [2.45, 2.75) is 13.0 Å². The lowest BCUT2D eigenvalue weighted by molar-refractivity contribution is -0.141. The molecule has 0 saturated carbocycles. The van der Waals surface area contributed by atoms with E-state index in [0.29, 0.717) is 19.6 Å². The van der Waals surface area contributed by atoms with E-state index in [9.17, 15) is 9.59 Å². The Balaban J connectivity index is 1.87. The summed E-state index contributed by atoms with van der Waals surface area (Å²) >= 11 is 0. The molecule has 2 heterocycles. The molecule has 6 nitrogen and oxygen atoms in total. The predicted octanol–water partition coefficient (Wildman–Crippen LogP) is -0.184.